The highest BCUT2D eigenvalue weighted by atomic mass is 16.5. The maximum absolute atomic E-state index is 10.6. The van der Waals surface area contributed by atoms with Crippen LogP contribution in [0.5, 0.6) is 5.75 Å². The van der Waals surface area contributed by atoms with Gasteiger partial charge in [-0.15, -0.1) is 0 Å². The van der Waals surface area contributed by atoms with Gasteiger partial charge in [0.05, 0.1) is 12.8 Å². The van der Waals surface area contributed by atoms with E-state index in [1.54, 1.807) is 13.2 Å². The molecule has 0 spiro atoms. The number of primary amides is 1. The molecule has 0 aliphatic heterocycles. The van der Waals surface area contributed by atoms with Crippen LogP contribution in [-0.2, 0) is 6.42 Å². The van der Waals surface area contributed by atoms with E-state index in [0.29, 0.717) is 11.4 Å². The van der Waals surface area contributed by atoms with Crippen LogP contribution in [0.3, 0.4) is 0 Å². The molecule has 3 N–H and O–H groups in total. The van der Waals surface area contributed by atoms with Crippen LogP contribution < -0.4 is 15.8 Å². The molecule has 0 heterocycles. The smallest absolute Gasteiger partial charge is 0.316 e. The number of nitrogens with two attached hydrogens (primary N) is 1. The van der Waals surface area contributed by atoms with Gasteiger partial charge in [-0.3, -0.25) is 0 Å². The highest BCUT2D eigenvalue weighted by Gasteiger charge is 2.04. The van der Waals surface area contributed by atoms with Gasteiger partial charge in [0.15, 0.2) is 0 Å². The van der Waals surface area contributed by atoms with E-state index < -0.39 is 6.03 Å². The second-order valence-corrected chi connectivity index (χ2v) is 2.88. The zero-order valence-electron chi connectivity index (χ0n) is 8.33. The lowest BCUT2D eigenvalue weighted by molar-refractivity contribution is 0.259. The van der Waals surface area contributed by atoms with Gasteiger partial charge in [-0.1, -0.05) is 13.0 Å². The Morgan fingerprint density at radius 2 is 2.29 bits per heavy atom. The molecule has 1 rings (SSSR count). The predicted octanol–water partition coefficient (Wildman–Crippen LogP) is 1.75. The lowest BCUT2D eigenvalue weighted by Crippen LogP contribution is -2.19. The molecule has 4 heteroatoms. The molecule has 2 amide bonds. The molecule has 0 fully saturated rings. The van der Waals surface area contributed by atoms with Crippen molar-refractivity contribution >= 4 is 11.7 Å². The van der Waals surface area contributed by atoms with E-state index >= 15 is 0 Å². The van der Waals surface area contributed by atoms with Gasteiger partial charge in [-0.25, -0.2) is 4.79 Å². The Morgan fingerprint density at radius 3 is 2.79 bits per heavy atom. The van der Waals surface area contributed by atoms with Gasteiger partial charge >= 0.3 is 6.03 Å². The molecule has 0 aromatic heterocycles. The number of ether oxygens (including phenoxy) is 1. The third-order valence-electron chi connectivity index (χ3n) is 1.93. The third kappa shape index (κ3) is 2.39. The molecule has 0 bridgehead atoms. The standard InChI is InChI=1S/C10H14N2O2/c1-3-7-4-5-8(12-10(11)13)9(6-7)14-2/h4-6H,3H2,1-2H3,(H3,11,12,13). The average Bonchev–Trinajstić information content (AvgIpc) is 2.17. The van der Waals surface area contributed by atoms with Crippen LogP contribution in [0.2, 0.25) is 0 Å². The molecule has 4 nitrogen and oxygen atoms in total. The van der Waals surface area contributed by atoms with Crippen molar-refractivity contribution in [3.05, 3.63) is 23.8 Å². The minimum absolute atomic E-state index is 0.590. The fourth-order valence-electron chi connectivity index (χ4n) is 1.19. The van der Waals surface area contributed by atoms with E-state index in [0.717, 1.165) is 12.0 Å². The van der Waals surface area contributed by atoms with E-state index in [2.05, 4.69) is 12.2 Å². The molecule has 76 valence electrons. The van der Waals surface area contributed by atoms with Crippen molar-refractivity contribution in [3.8, 4) is 5.75 Å². The van der Waals surface area contributed by atoms with Gasteiger partial charge in [0, 0.05) is 0 Å². The Kier molecular flexibility index (Phi) is 3.34. The van der Waals surface area contributed by atoms with Crippen molar-refractivity contribution in [1.29, 1.82) is 0 Å². The van der Waals surface area contributed by atoms with Crippen LogP contribution in [0.15, 0.2) is 18.2 Å². The SMILES string of the molecule is CCc1ccc(NC(N)=O)c(OC)c1. The maximum atomic E-state index is 10.6. The summed E-state index contributed by atoms with van der Waals surface area (Å²) in [6, 6.07) is 4.99. The van der Waals surface area contributed by atoms with E-state index in [-0.39, 0.29) is 0 Å². The molecule has 0 saturated heterocycles. The van der Waals surface area contributed by atoms with Gasteiger partial charge in [0.25, 0.3) is 0 Å². The Bertz CT molecular complexity index is 337. The number of nitrogens with one attached hydrogen (secondary N) is 1. The van der Waals surface area contributed by atoms with Crippen LogP contribution >= 0.6 is 0 Å². The lowest BCUT2D eigenvalue weighted by atomic mass is 10.1. The first kappa shape index (κ1) is 10.4. The van der Waals surface area contributed by atoms with Gasteiger partial charge in [-0.05, 0) is 24.1 Å². The fraction of sp³-hybridized carbons (Fsp3) is 0.300. The summed E-state index contributed by atoms with van der Waals surface area (Å²) in [7, 11) is 1.56. The summed E-state index contributed by atoms with van der Waals surface area (Å²) in [5, 5.41) is 2.49. The normalized spacial score (nSPS) is 9.57. The zero-order valence-corrected chi connectivity index (χ0v) is 8.33. The summed E-state index contributed by atoms with van der Waals surface area (Å²) in [6.07, 6.45) is 0.924. The molecule has 14 heavy (non-hydrogen) atoms. The lowest BCUT2D eigenvalue weighted by Gasteiger charge is -2.09. The minimum atomic E-state index is -0.590. The quantitative estimate of drug-likeness (QED) is 0.769. The number of anilines is 1. The molecular weight excluding hydrogens is 180 g/mol. The van der Waals surface area contributed by atoms with Crippen LogP contribution in [0.25, 0.3) is 0 Å². The molecular formula is C10H14N2O2. The number of hydrogen-bond donors (Lipinski definition) is 2. The second-order valence-electron chi connectivity index (χ2n) is 2.88. The molecule has 0 saturated carbocycles. The van der Waals surface area contributed by atoms with Crippen LogP contribution in [0.4, 0.5) is 10.5 Å². The summed E-state index contributed by atoms with van der Waals surface area (Å²) in [5.41, 5.74) is 6.76. The Hall–Kier alpha value is -1.71. The Morgan fingerprint density at radius 1 is 1.57 bits per heavy atom. The summed E-state index contributed by atoms with van der Waals surface area (Å²) in [6.45, 7) is 2.05. The minimum Gasteiger partial charge on any atom is -0.495 e. The monoisotopic (exact) mass is 194 g/mol. The van der Waals surface area contributed by atoms with Gasteiger partial charge in [0.2, 0.25) is 0 Å². The molecule has 0 aliphatic rings. The largest absolute Gasteiger partial charge is 0.495 e. The van der Waals surface area contributed by atoms with Gasteiger partial charge in [0.1, 0.15) is 5.75 Å². The average molecular weight is 194 g/mol. The Labute approximate surface area is 83.1 Å². The van der Waals surface area contributed by atoms with Crippen molar-refractivity contribution in [2.24, 2.45) is 5.73 Å². The molecule has 1 aromatic carbocycles. The maximum Gasteiger partial charge on any atom is 0.316 e. The number of rotatable bonds is 3. The first-order valence-corrected chi connectivity index (χ1v) is 4.40. The fourth-order valence-corrected chi connectivity index (χ4v) is 1.19. The third-order valence-corrected chi connectivity index (χ3v) is 1.93. The van der Waals surface area contributed by atoms with Crippen molar-refractivity contribution < 1.29 is 9.53 Å². The Balaban J connectivity index is 2.98. The van der Waals surface area contributed by atoms with E-state index in [1.165, 1.54) is 0 Å². The topological polar surface area (TPSA) is 64.3 Å². The number of amides is 2. The molecule has 0 radical (unpaired) electrons. The number of methoxy groups -OCH3 is 1. The van der Waals surface area contributed by atoms with Gasteiger partial charge < -0.3 is 15.8 Å². The highest BCUT2D eigenvalue weighted by Crippen LogP contribution is 2.25. The van der Waals surface area contributed by atoms with Crippen molar-refractivity contribution in [1.82, 2.24) is 0 Å². The van der Waals surface area contributed by atoms with Crippen LogP contribution in [-0.4, -0.2) is 13.1 Å². The molecule has 1 aromatic rings. The first-order chi connectivity index (χ1) is 6.67. The highest BCUT2D eigenvalue weighted by molar-refractivity contribution is 5.89. The van der Waals surface area contributed by atoms with Crippen molar-refractivity contribution in [2.75, 3.05) is 12.4 Å². The summed E-state index contributed by atoms with van der Waals surface area (Å²) >= 11 is 0. The van der Waals surface area contributed by atoms with Crippen LogP contribution in [0.1, 0.15) is 12.5 Å². The number of aryl methyl sites for hydroxylation is 1. The number of carbonyl (C=O) groups excluding carboxylic acids is 1. The summed E-state index contributed by atoms with van der Waals surface area (Å²) in [4.78, 5) is 10.6. The number of carbonyl (C=O) groups is 1. The zero-order chi connectivity index (χ0) is 10.6. The van der Waals surface area contributed by atoms with Gasteiger partial charge in [-0.2, -0.15) is 0 Å². The van der Waals surface area contributed by atoms with E-state index in [1.807, 2.05) is 12.1 Å². The molecule has 0 unspecified atom stereocenters. The predicted molar refractivity (Wildman–Crippen MR) is 55.6 cm³/mol. The number of benzene rings is 1. The van der Waals surface area contributed by atoms with Crippen molar-refractivity contribution in [2.45, 2.75) is 13.3 Å². The number of urea groups is 1. The number of hydrogen-bond acceptors (Lipinski definition) is 2. The molecule has 0 atom stereocenters. The summed E-state index contributed by atoms with van der Waals surface area (Å²) < 4.78 is 5.12. The van der Waals surface area contributed by atoms with E-state index in [9.17, 15) is 4.79 Å². The molecule has 0 aliphatic carbocycles. The van der Waals surface area contributed by atoms with E-state index in [4.69, 9.17) is 10.5 Å². The first-order valence-electron chi connectivity index (χ1n) is 4.40. The van der Waals surface area contributed by atoms with Crippen LogP contribution in [0, 0.1) is 0 Å². The second kappa shape index (κ2) is 4.50. The summed E-state index contributed by atoms with van der Waals surface area (Å²) in [5.74, 6) is 0.628. The van der Waals surface area contributed by atoms with Crippen molar-refractivity contribution in [3.63, 3.8) is 0 Å².